The van der Waals surface area contributed by atoms with Crippen molar-refractivity contribution in [2.75, 3.05) is 18.0 Å². The summed E-state index contributed by atoms with van der Waals surface area (Å²) < 4.78 is 0. The zero-order valence-electron chi connectivity index (χ0n) is 14.6. The largest absolute Gasteiger partial charge is 0.356 e. The van der Waals surface area contributed by atoms with Crippen molar-refractivity contribution in [1.82, 2.24) is 9.97 Å². The highest BCUT2D eigenvalue weighted by Crippen LogP contribution is 2.40. The van der Waals surface area contributed by atoms with Gasteiger partial charge in [0.1, 0.15) is 10.6 Å². The van der Waals surface area contributed by atoms with Gasteiger partial charge in [0.05, 0.1) is 5.39 Å². The number of hydrogen-bond donors (Lipinski definition) is 0. The number of aromatic nitrogens is 2. The fourth-order valence-electron chi connectivity index (χ4n) is 3.64. The van der Waals surface area contributed by atoms with E-state index in [1.54, 1.807) is 11.3 Å². The average Bonchev–Trinajstić information content (AvgIpc) is 3.04. The van der Waals surface area contributed by atoms with Gasteiger partial charge in [0.2, 0.25) is 5.28 Å². The molecule has 25 heavy (non-hydrogen) atoms. The van der Waals surface area contributed by atoms with E-state index in [0.29, 0.717) is 11.2 Å². The summed E-state index contributed by atoms with van der Waals surface area (Å²) in [5, 5.41) is 3.68. The molecule has 1 fully saturated rings. The number of aryl methyl sites for hydroxylation is 1. The van der Waals surface area contributed by atoms with Crippen molar-refractivity contribution >= 4 is 39.0 Å². The lowest BCUT2D eigenvalue weighted by Crippen LogP contribution is -2.35. The van der Waals surface area contributed by atoms with Crippen LogP contribution in [0.1, 0.15) is 32.3 Å². The molecule has 1 aliphatic heterocycles. The summed E-state index contributed by atoms with van der Waals surface area (Å²) in [6.07, 6.45) is 3.54. The Morgan fingerprint density at radius 2 is 2.04 bits per heavy atom. The first kappa shape index (κ1) is 16.8. The molecule has 0 bridgehead atoms. The molecule has 1 unspecified atom stereocenters. The van der Waals surface area contributed by atoms with Crippen LogP contribution in [-0.4, -0.2) is 23.1 Å². The maximum absolute atomic E-state index is 6.23. The molecule has 0 radical (unpaired) electrons. The Bertz CT molecular complexity index is 888. The highest BCUT2D eigenvalue weighted by molar-refractivity contribution is 7.17. The van der Waals surface area contributed by atoms with Gasteiger partial charge in [0.25, 0.3) is 0 Å². The van der Waals surface area contributed by atoms with Gasteiger partial charge >= 0.3 is 0 Å². The Hall–Kier alpha value is -1.65. The second kappa shape index (κ2) is 6.93. The smallest absolute Gasteiger partial charge is 0.225 e. The number of hydrogen-bond acceptors (Lipinski definition) is 4. The molecular weight excluding hydrogens is 350 g/mol. The van der Waals surface area contributed by atoms with Gasteiger partial charge in [-0.05, 0) is 47.9 Å². The first-order valence-electron chi connectivity index (χ1n) is 8.94. The minimum absolute atomic E-state index is 0.343. The predicted molar refractivity (Wildman–Crippen MR) is 108 cm³/mol. The first-order chi connectivity index (χ1) is 12.2. The Balaban J connectivity index is 1.85. The normalized spacial score (nSPS) is 18.0. The van der Waals surface area contributed by atoms with Crippen LogP contribution < -0.4 is 4.90 Å². The highest BCUT2D eigenvalue weighted by Gasteiger charge is 2.23. The number of anilines is 1. The van der Waals surface area contributed by atoms with Crippen LogP contribution in [0.25, 0.3) is 21.3 Å². The molecule has 5 heteroatoms. The third-order valence-corrected chi connectivity index (χ3v) is 6.06. The molecule has 0 spiro atoms. The number of benzene rings is 1. The summed E-state index contributed by atoms with van der Waals surface area (Å²) >= 11 is 7.88. The van der Waals surface area contributed by atoms with Gasteiger partial charge < -0.3 is 4.90 Å². The van der Waals surface area contributed by atoms with E-state index in [0.717, 1.165) is 35.5 Å². The molecule has 3 aromatic rings. The van der Waals surface area contributed by atoms with Crippen molar-refractivity contribution in [3.8, 4) is 11.1 Å². The topological polar surface area (TPSA) is 29.0 Å². The van der Waals surface area contributed by atoms with Crippen molar-refractivity contribution in [3.63, 3.8) is 0 Å². The quantitative estimate of drug-likeness (QED) is 0.544. The van der Waals surface area contributed by atoms with Gasteiger partial charge in [0, 0.05) is 24.0 Å². The van der Waals surface area contributed by atoms with Gasteiger partial charge in [-0.1, -0.05) is 38.1 Å². The molecule has 130 valence electrons. The van der Waals surface area contributed by atoms with E-state index in [2.05, 4.69) is 58.4 Å². The number of fused-ring (bicyclic) bond motifs is 1. The zero-order chi connectivity index (χ0) is 17.4. The van der Waals surface area contributed by atoms with E-state index in [1.165, 1.54) is 29.5 Å². The second-order valence-corrected chi connectivity index (χ2v) is 8.09. The van der Waals surface area contributed by atoms with Crippen molar-refractivity contribution in [1.29, 1.82) is 0 Å². The maximum Gasteiger partial charge on any atom is 0.225 e. The number of nitrogens with zero attached hydrogens (tertiary/aromatic N) is 3. The summed E-state index contributed by atoms with van der Waals surface area (Å²) in [4.78, 5) is 12.5. The molecule has 1 aliphatic rings. The van der Waals surface area contributed by atoms with E-state index in [1.807, 2.05) is 0 Å². The van der Waals surface area contributed by atoms with Crippen LogP contribution in [0.3, 0.4) is 0 Å². The third-order valence-electron chi connectivity index (χ3n) is 5.02. The van der Waals surface area contributed by atoms with E-state index >= 15 is 0 Å². The lowest BCUT2D eigenvalue weighted by Gasteiger charge is -2.32. The highest BCUT2D eigenvalue weighted by atomic mass is 35.5. The summed E-state index contributed by atoms with van der Waals surface area (Å²) in [5.41, 5.74) is 3.79. The SMILES string of the molecule is CCc1ccc(-c2csc3nc(Cl)nc(N4CCCC(C)C4)c23)cc1. The minimum atomic E-state index is 0.343. The number of halogens is 1. The summed E-state index contributed by atoms with van der Waals surface area (Å²) in [6, 6.07) is 8.82. The third kappa shape index (κ3) is 3.25. The van der Waals surface area contributed by atoms with Gasteiger partial charge in [0.15, 0.2) is 0 Å². The molecular formula is C20H22ClN3S. The van der Waals surface area contributed by atoms with Crippen molar-refractivity contribution < 1.29 is 0 Å². The van der Waals surface area contributed by atoms with E-state index in [-0.39, 0.29) is 0 Å². The summed E-state index contributed by atoms with van der Waals surface area (Å²) in [5.74, 6) is 1.68. The molecule has 3 nitrogen and oxygen atoms in total. The minimum Gasteiger partial charge on any atom is -0.356 e. The van der Waals surface area contributed by atoms with Crippen LogP contribution in [0.15, 0.2) is 29.6 Å². The molecule has 0 amide bonds. The van der Waals surface area contributed by atoms with Crippen molar-refractivity contribution in [2.45, 2.75) is 33.1 Å². The Morgan fingerprint density at radius 1 is 1.24 bits per heavy atom. The van der Waals surface area contributed by atoms with E-state index in [4.69, 9.17) is 11.6 Å². The molecule has 3 heterocycles. The van der Waals surface area contributed by atoms with Crippen LogP contribution in [0.5, 0.6) is 0 Å². The van der Waals surface area contributed by atoms with Gasteiger partial charge in [-0.3, -0.25) is 0 Å². The average molecular weight is 372 g/mol. The van der Waals surface area contributed by atoms with E-state index < -0.39 is 0 Å². The first-order valence-corrected chi connectivity index (χ1v) is 10.2. The summed E-state index contributed by atoms with van der Waals surface area (Å²) in [7, 11) is 0. The van der Waals surface area contributed by atoms with Crippen LogP contribution in [0.4, 0.5) is 5.82 Å². The fourth-order valence-corrected chi connectivity index (χ4v) is 4.80. The van der Waals surface area contributed by atoms with Crippen LogP contribution in [0.2, 0.25) is 5.28 Å². The molecule has 4 rings (SSSR count). The lowest BCUT2D eigenvalue weighted by molar-refractivity contribution is 0.445. The van der Waals surface area contributed by atoms with Crippen molar-refractivity contribution in [2.24, 2.45) is 5.92 Å². The van der Waals surface area contributed by atoms with Crippen molar-refractivity contribution in [3.05, 3.63) is 40.5 Å². The zero-order valence-corrected chi connectivity index (χ0v) is 16.2. The van der Waals surface area contributed by atoms with Crippen LogP contribution >= 0.6 is 22.9 Å². The maximum atomic E-state index is 6.23. The van der Waals surface area contributed by atoms with Gasteiger partial charge in [-0.15, -0.1) is 11.3 Å². The molecule has 2 aromatic heterocycles. The second-order valence-electron chi connectivity index (χ2n) is 6.89. The molecule has 1 aromatic carbocycles. The summed E-state index contributed by atoms with van der Waals surface area (Å²) in [6.45, 7) is 6.56. The number of thiophene rings is 1. The van der Waals surface area contributed by atoms with Crippen LogP contribution in [0, 0.1) is 5.92 Å². The number of piperidine rings is 1. The predicted octanol–water partition coefficient (Wildman–Crippen LogP) is 5.81. The Morgan fingerprint density at radius 3 is 2.76 bits per heavy atom. The van der Waals surface area contributed by atoms with E-state index in [9.17, 15) is 0 Å². The molecule has 1 saturated heterocycles. The Labute approximate surface area is 157 Å². The fraction of sp³-hybridized carbons (Fsp3) is 0.400. The van der Waals surface area contributed by atoms with Gasteiger partial charge in [-0.2, -0.15) is 4.98 Å². The molecule has 0 aliphatic carbocycles. The monoisotopic (exact) mass is 371 g/mol. The molecule has 0 N–H and O–H groups in total. The van der Waals surface area contributed by atoms with Crippen LogP contribution in [-0.2, 0) is 6.42 Å². The Kier molecular flexibility index (Phi) is 4.65. The number of rotatable bonds is 3. The van der Waals surface area contributed by atoms with Gasteiger partial charge in [-0.25, -0.2) is 4.98 Å². The standard InChI is InChI=1S/C20H22ClN3S/c1-3-14-6-8-15(9-7-14)16-12-25-19-17(16)18(22-20(21)23-19)24-10-4-5-13(2)11-24/h6-9,12-13H,3-5,10-11H2,1-2H3. The lowest BCUT2D eigenvalue weighted by atomic mass is 9.99. The molecule has 1 atom stereocenters. The molecule has 0 saturated carbocycles.